The van der Waals surface area contributed by atoms with Gasteiger partial charge in [0.05, 0.1) is 21.4 Å². The van der Waals surface area contributed by atoms with E-state index in [2.05, 4.69) is 4.72 Å². The molecule has 0 aliphatic rings. The van der Waals surface area contributed by atoms with Gasteiger partial charge in [-0.05, 0) is 12.1 Å². The largest absolute Gasteiger partial charge is 0.506 e. The van der Waals surface area contributed by atoms with Crippen molar-refractivity contribution in [2.24, 2.45) is 0 Å². The van der Waals surface area contributed by atoms with Crippen molar-refractivity contribution in [2.75, 3.05) is 10.5 Å². The molecule has 0 fully saturated rings. The molecule has 0 bridgehead atoms. The molecule has 0 atom stereocenters. The number of rotatable bonds is 6. The number of phenols is 1. The molecular weight excluding hydrogens is 453 g/mol. The molecule has 27 heavy (non-hydrogen) atoms. The number of aromatic hydroxyl groups is 1. The number of sulfonamides is 1. The van der Waals surface area contributed by atoms with Crippen LogP contribution >= 0.6 is 46.3 Å². The molecule has 3 rings (SSSR count). The predicted molar refractivity (Wildman–Crippen MR) is 109 cm³/mol. The molecule has 0 spiro atoms. The molecule has 0 amide bonds. The van der Waals surface area contributed by atoms with Gasteiger partial charge in [-0.15, -0.1) is 23.1 Å². The Morgan fingerprint density at radius 2 is 1.85 bits per heavy atom. The maximum atomic E-state index is 12.7. The molecule has 3 aromatic rings. The number of nitrogens with one attached hydrogen (secondary N) is 1. The summed E-state index contributed by atoms with van der Waals surface area (Å²) in [5, 5.41) is 20.3. The minimum Gasteiger partial charge on any atom is -0.506 e. The highest BCUT2D eigenvalue weighted by Gasteiger charge is 2.22. The van der Waals surface area contributed by atoms with E-state index < -0.39 is 16.0 Å². The number of carbonyl (C=O) groups is 1. The molecule has 0 aliphatic carbocycles. The summed E-state index contributed by atoms with van der Waals surface area (Å²) >= 11 is 13.4. The Bertz CT molecular complexity index is 1120. The van der Waals surface area contributed by atoms with Gasteiger partial charge in [-0.25, -0.2) is 8.42 Å². The first-order chi connectivity index (χ1) is 12.7. The molecule has 0 aliphatic heterocycles. The number of hydrogen-bond donors (Lipinski definition) is 3. The van der Waals surface area contributed by atoms with E-state index >= 15 is 0 Å². The van der Waals surface area contributed by atoms with Crippen molar-refractivity contribution in [1.29, 1.82) is 0 Å². The van der Waals surface area contributed by atoms with E-state index in [0.29, 0.717) is 10.8 Å². The van der Waals surface area contributed by atoms with Crippen LogP contribution in [0.5, 0.6) is 5.75 Å². The number of fused-ring (bicyclic) bond motifs is 1. The molecule has 0 radical (unpaired) electrons. The van der Waals surface area contributed by atoms with Crippen LogP contribution in [0.2, 0.25) is 9.36 Å². The number of benzene rings is 2. The lowest BCUT2D eigenvalue weighted by Crippen LogP contribution is -2.12. The van der Waals surface area contributed by atoms with Crippen LogP contribution in [0.25, 0.3) is 10.8 Å². The van der Waals surface area contributed by atoms with Gasteiger partial charge in [-0.3, -0.25) is 9.52 Å². The predicted octanol–water partition coefficient (Wildman–Crippen LogP) is 4.89. The van der Waals surface area contributed by atoms with Crippen LogP contribution in [0.4, 0.5) is 5.69 Å². The lowest BCUT2D eigenvalue weighted by atomic mass is 10.1. The number of anilines is 1. The van der Waals surface area contributed by atoms with Gasteiger partial charge in [0.15, 0.2) is 0 Å². The fraction of sp³-hybridized carbons (Fsp3) is 0.0625. The minimum atomic E-state index is -3.97. The standard InChI is InChI=1S/C16H11Cl2NO5S3/c17-10-5-14(26-16(10)18)27(23,24)19-11-6-12(25-7-13(20)21)15(22)9-4-2-1-3-8(9)11/h1-6,19,22H,7H2,(H,20,21). The summed E-state index contributed by atoms with van der Waals surface area (Å²) in [7, 11) is -3.97. The zero-order valence-electron chi connectivity index (χ0n) is 13.3. The molecule has 2 aromatic carbocycles. The van der Waals surface area contributed by atoms with Crippen LogP contribution in [-0.4, -0.2) is 30.4 Å². The van der Waals surface area contributed by atoms with Gasteiger partial charge in [0.2, 0.25) is 0 Å². The third-order valence-corrected chi connectivity index (χ3v) is 8.18. The molecule has 6 nitrogen and oxygen atoms in total. The van der Waals surface area contributed by atoms with Gasteiger partial charge in [0.25, 0.3) is 10.0 Å². The first-order valence-corrected chi connectivity index (χ1v) is 11.3. The number of phenolic OH excluding ortho intramolecular Hbond substituents is 1. The van der Waals surface area contributed by atoms with Crippen molar-refractivity contribution in [3.05, 3.63) is 45.8 Å². The monoisotopic (exact) mass is 463 g/mol. The zero-order chi connectivity index (χ0) is 19.8. The van der Waals surface area contributed by atoms with Crippen molar-refractivity contribution in [3.63, 3.8) is 0 Å². The number of halogens is 2. The highest BCUT2D eigenvalue weighted by Crippen LogP contribution is 2.41. The van der Waals surface area contributed by atoms with Crippen LogP contribution in [-0.2, 0) is 14.8 Å². The lowest BCUT2D eigenvalue weighted by Gasteiger charge is -2.14. The molecule has 142 valence electrons. The van der Waals surface area contributed by atoms with Crippen LogP contribution in [0.3, 0.4) is 0 Å². The summed E-state index contributed by atoms with van der Waals surface area (Å²) in [5.74, 6) is -1.45. The first kappa shape index (κ1) is 20.1. The molecule has 1 heterocycles. The Morgan fingerprint density at radius 1 is 1.19 bits per heavy atom. The molecule has 0 saturated heterocycles. The van der Waals surface area contributed by atoms with Crippen LogP contribution in [0.15, 0.2) is 45.5 Å². The minimum absolute atomic E-state index is 0.0607. The van der Waals surface area contributed by atoms with E-state index in [1.165, 1.54) is 12.1 Å². The molecule has 11 heteroatoms. The highest BCUT2D eigenvalue weighted by molar-refractivity contribution is 8.00. The number of thiophene rings is 1. The second kappa shape index (κ2) is 7.76. The van der Waals surface area contributed by atoms with Crippen LogP contribution in [0, 0.1) is 0 Å². The number of thioether (sulfide) groups is 1. The number of hydrogen-bond acceptors (Lipinski definition) is 6. The normalized spacial score (nSPS) is 11.6. The summed E-state index contributed by atoms with van der Waals surface area (Å²) in [6.07, 6.45) is 0. The van der Waals surface area contributed by atoms with E-state index in [4.69, 9.17) is 28.3 Å². The summed E-state index contributed by atoms with van der Waals surface area (Å²) < 4.78 is 27.9. The fourth-order valence-corrected chi connectivity index (χ4v) is 6.00. The number of aliphatic carboxylic acids is 1. The third-order valence-electron chi connectivity index (χ3n) is 3.46. The third kappa shape index (κ3) is 4.27. The molecular formula is C16H11Cl2NO5S3. The second-order valence-electron chi connectivity index (χ2n) is 5.29. The molecule has 0 saturated carbocycles. The van der Waals surface area contributed by atoms with E-state index in [9.17, 15) is 18.3 Å². The van der Waals surface area contributed by atoms with E-state index in [1.54, 1.807) is 24.3 Å². The van der Waals surface area contributed by atoms with Crippen LogP contribution in [0.1, 0.15) is 0 Å². The van der Waals surface area contributed by atoms with Crippen molar-refractivity contribution in [1.82, 2.24) is 0 Å². The van der Waals surface area contributed by atoms with Crippen molar-refractivity contribution in [3.8, 4) is 5.75 Å². The van der Waals surface area contributed by atoms with Gasteiger partial charge in [0.1, 0.15) is 14.3 Å². The van der Waals surface area contributed by atoms with E-state index in [-0.39, 0.29) is 35.7 Å². The lowest BCUT2D eigenvalue weighted by molar-refractivity contribution is -0.133. The summed E-state index contributed by atoms with van der Waals surface area (Å²) in [6, 6.07) is 9.30. The molecule has 1 aromatic heterocycles. The Hall–Kier alpha value is -1.65. The number of carboxylic acids is 1. The Balaban J connectivity index is 2.09. The highest BCUT2D eigenvalue weighted by atomic mass is 35.5. The quantitative estimate of drug-likeness (QED) is 0.355. The fourth-order valence-electron chi connectivity index (χ4n) is 2.32. The summed E-state index contributed by atoms with van der Waals surface area (Å²) in [5.41, 5.74) is 0.205. The van der Waals surface area contributed by atoms with Gasteiger partial charge in [-0.2, -0.15) is 0 Å². The van der Waals surface area contributed by atoms with Crippen LogP contribution < -0.4 is 4.72 Å². The summed E-state index contributed by atoms with van der Waals surface area (Å²) in [4.78, 5) is 11.1. The van der Waals surface area contributed by atoms with Gasteiger partial charge in [0, 0.05) is 10.8 Å². The Morgan fingerprint density at radius 3 is 2.44 bits per heavy atom. The van der Waals surface area contributed by atoms with Gasteiger partial charge in [-0.1, -0.05) is 47.5 Å². The zero-order valence-corrected chi connectivity index (χ0v) is 17.2. The SMILES string of the molecule is O=C(O)CSc1cc(NS(=O)(=O)c2cc(Cl)c(Cl)s2)c2ccccc2c1O. The summed E-state index contributed by atoms with van der Waals surface area (Å²) in [6.45, 7) is 0. The average Bonchev–Trinajstić information content (AvgIpc) is 2.96. The Labute approximate surface area is 172 Å². The topological polar surface area (TPSA) is 104 Å². The van der Waals surface area contributed by atoms with Crippen molar-refractivity contribution >= 4 is 78.8 Å². The van der Waals surface area contributed by atoms with Gasteiger partial charge < -0.3 is 10.2 Å². The second-order valence-corrected chi connectivity index (χ2v) is 10.3. The first-order valence-electron chi connectivity index (χ1n) is 7.26. The molecule has 0 unspecified atom stereocenters. The van der Waals surface area contributed by atoms with E-state index in [0.717, 1.165) is 23.1 Å². The maximum Gasteiger partial charge on any atom is 0.313 e. The number of carboxylic acid groups (broad SMARTS) is 1. The van der Waals surface area contributed by atoms with Crippen molar-refractivity contribution in [2.45, 2.75) is 9.10 Å². The smallest absolute Gasteiger partial charge is 0.313 e. The van der Waals surface area contributed by atoms with Gasteiger partial charge >= 0.3 is 5.97 Å². The molecule has 3 N–H and O–H groups in total. The Kier molecular flexibility index (Phi) is 5.78. The average molecular weight is 464 g/mol. The maximum absolute atomic E-state index is 12.7. The van der Waals surface area contributed by atoms with E-state index in [1.807, 2.05) is 0 Å². The van der Waals surface area contributed by atoms with Crippen molar-refractivity contribution < 1.29 is 23.4 Å².